The molecule has 0 radical (unpaired) electrons. The van der Waals surface area contributed by atoms with Gasteiger partial charge in [-0.15, -0.1) is 0 Å². The number of nitrogens with two attached hydrogens (primary N) is 1. The second-order valence-corrected chi connectivity index (χ2v) is 5.30. The zero-order chi connectivity index (χ0) is 14.3. The fourth-order valence-electron chi connectivity index (χ4n) is 1.94. The van der Waals surface area contributed by atoms with Crippen LogP contribution in [0, 0.1) is 12.8 Å². The average Bonchev–Trinajstić information content (AvgIpc) is 2.73. The van der Waals surface area contributed by atoms with Gasteiger partial charge in [0, 0.05) is 18.8 Å². The van der Waals surface area contributed by atoms with Gasteiger partial charge >= 0.3 is 0 Å². The van der Waals surface area contributed by atoms with Crippen LogP contribution in [0.1, 0.15) is 49.2 Å². The van der Waals surface area contributed by atoms with Crippen molar-refractivity contribution in [1.82, 2.24) is 15.1 Å². The number of nitrogens with one attached hydrogen (secondary N) is 1. The normalized spacial score (nSPS) is 11.0. The molecule has 0 saturated carbocycles. The third-order valence-corrected chi connectivity index (χ3v) is 3.17. The molecule has 0 saturated heterocycles. The minimum absolute atomic E-state index is 0.0275. The highest BCUT2D eigenvalue weighted by Crippen LogP contribution is 2.08. The molecule has 5 heteroatoms. The third-order valence-electron chi connectivity index (χ3n) is 3.17. The molecule has 0 aromatic carbocycles. The zero-order valence-corrected chi connectivity index (χ0v) is 12.3. The van der Waals surface area contributed by atoms with Gasteiger partial charge in [-0.1, -0.05) is 13.8 Å². The summed E-state index contributed by atoms with van der Waals surface area (Å²) in [4.78, 5) is 12.0. The number of aromatic nitrogens is 2. The molecule has 19 heavy (non-hydrogen) atoms. The molecule has 0 aliphatic heterocycles. The largest absolute Gasteiger partial charge is 0.352 e. The van der Waals surface area contributed by atoms with Crippen LogP contribution in [0.25, 0.3) is 0 Å². The van der Waals surface area contributed by atoms with E-state index in [-0.39, 0.29) is 5.91 Å². The summed E-state index contributed by atoms with van der Waals surface area (Å²) in [5, 5.41) is 7.18. The van der Waals surface area contributed by atoms with Gasteiger partial charge in [0.1, 0.15) is 0 Å². The Labute approximate surface area is 115 Å². The van der Waals surface area contributed by atoms with Crippen molar-refractivity contribution in [2.75, 3.05) is 13.1 Å². The number of rotatable bonds is 8. The van der Waals surface area contributed by atoms with Gasteiger partial charge in [0.2, 0.25) is 0 Å². The molecule has 1 heterocycles. The van der Waals surface area contributed by atoms with Crippen molar-refractivity contribution in [2.45, 2.75) is 46.6 Å². The summed E-state index contributed by atoms with van der Waals surface area (Å²) in [6.45, 7) is 8.43. The van der Waals surface area contributed by atoms with E-state index in [0.717, 1.165) is 38.0 Å². The molecule has 0 spiro atoms. The molecule has 0 atom stereocenters. The lowest BCUT2D eigenvalue weighted by Gasteiger charge is -2.07. The minimum Gasteiger partial charge on any atom is -0.352 e. The number of hydrogen-bond donors (Lipinski definition) is 2. The Balaban J connectivity index is 2.46. The Kier molecular flexibility index (Phi) is 6.56. The van der Waals surface area contributed by atoms with E-state index in [1.807, 2.05) is 11.6 Å². The van der Waals surface area contributed by atoms with Crippen molar-refractivity contribution in [1.29, 1.82) is 0 Å². The summed E-state index contributed by atoms with van der Waals surface area (Å²) in [6.07, 6.45) is 4.67. The summed E-state index contributed by atoms with van der Waals surface area (Å²) in [6, 6.07) is 0. The van der Waals surface area contributed by atoms with E-state index in [2.05, 4.69) is 24.3 Å². The molecule has 1 rings (SSSR count). The lowest BCUT2D eigenvalue weighted by atomic mass is 10.1. The summed E-state index contributed by atoms with van der Waals surface area (Å²) in [5.41, 5.74) is 7.06. The summed E-state index contributed by atoms with van der Waals surface area (Å²) in [5.74, 6) is 0.651. The highest BCUT2D eigenvalue weighted by atomic mass is 16.1. The van der Waals surface area contributed by atoms with Crippen molar-refractivity contribution in [2.24, 2.45) is 11.7 Å². The molecule has 1 aromatic rings. The van der Waals surface area contributed by atoms with Gasteiger partial charge in [-0.05, 0) is 38.6 Å². The van der Waals surface area contributed by atoms with Crippen LogP contribution in [-0.2, 0) is 6.54 Å². The summed E-state index contributed by atoms with van der Waals surface area (Å²) < 4.78 is 1.84. The molecule has 5 nitrogen and oxygen atoms in total. The highest BCUT2D eigenvalue weighted by molar-refractivity contribution is 5.94. The molecule has 0 aliphatic rings. The number of carbonyl (C=O) groups is 1. The quantitative estimate of drug-likeness (QED) is 0.703. The molecule has 108 valence electrons. The Morgan fingerprint density at radius 2 is 2.21 bits per heavy atom. The van der Waals surface area contributed by atoms with Gasteiger partial charge in [-0.25, -0.2) is 0 Å². The molecule has 0 aliphatic carbocycles. The van der Waals surface area contributed by atoms with Crippen molar-refractivity contribution in [3.63, 3.8) is 0 Å². The standard InChI is InChI=1S/C14H26N4O/c1-11(2)6-4-8-16-14(19)13-10-17-18(12(13)3)9-5-7-15/h10-11H,4-9,15H2,1-3H3,(H,16,19). The van der Waals surface area contributed by atoms with Crippen LogP contribution in [0.4, 0.5) is 0 Å². The van der Waals surface area contributed by atoms with Gasteiger partial charge in [-0.3, -0.25) is 9.48 Å². The van der Waals surface area contributed by atoms with Gasteiger partial charge < -0.3 is 11.1 Å². The lowest BCUT2D eigenvalue weighted by Crippen LogP contribution is -2.25. The van der Waals surface area contributed by atoms with E-state index in [9.17, 15) is 4.79 Å². The smallest absolute Gasteiger partial charge is 0.254 e. The van der Waals surface area contributed by atoms with Crippen LogP contribution in [0.5, 0.6) is 0 Å². The first-order valence-corrected chi connectivity index (χ1v) is 7.07. The van der Waals surface area contributed by atoms with E-state index in [0.29, 0.717) is 18.0 Å². The average molecular weight is 266 g/mol. The first-order valence-electron chi connectivity index (χ1n) is 7.07. The Hall–Kier alpha value is -1.36. The van der Waals surface area contributed by atoms with Crippen LogP contribution in [0.3, 0.4) is 0 Å². The summed E-state index contributed by atoms with van der Waals surface area (Å²) in [7, 11) is 0. The van der Waals surface area contributed by atoms with E-state index < -0.39 is 0 Å². The van der Waals surface area contributed by atoms with Crippen LogP contribution < -0.4 is 11.1 Å². The molecule has 0 unspecified atom stereocenters. The van der Waals surface area contributed by atoms with Crippen molar-refractivity contribution in [3.05, 3.63) is 17.5 Å². The van der Waals surface area contributed by atoms with E-state index >= 15 is 0 Å². The maximum atomic E-state index is 12.0. The van der Waals surface area contributed by atoms with Gasteiger partial charge in [0.25, 0.3) is 5.91 Å². The molecule has 1 aromatic heterocycles. The molecule has 1 amide bonds. The van der Waals surface area contributed by atoms with Crippen LogP contribution in [-0.4, -0.2) is 28.8 Å². The van der Waals surface area contributed by atoms with Crippen molar-refractivity contribution in [3.8, 4) is 0 Å². The first-order chi connectivity index (χ1) is 9.06. The third kappa shape index (κ3) is 5.03. The second-order valence-electron chi connectivity index (χ2n) is 5.30. The monoisotopic (exact) mass is 266 g/mol. The van der Waals surface area contributed by atoms with E-state index in [1.54, 1.807) is 6.20 Å². The maximum absolute atomic E-state index is 12.0. The van der Waals surface area contributed by atoms with Gasteiger partial charge in [-0.2, -0.15) is 5.10 Å². The fourth-order valence-corrected chi connectivity index (χ4v) is 1.94. The minimum atomic E-state index is -0.0275. The molecule has 3 N–H and O–H groups in total. The van der Waals surface area contributed by atoms with Crippen molar-refractivity contribution >= 4 is 5.91 Å². The van der Waals surface area contributed by atoms with Gasteiger partial charge in [0.15, 0.2) is 0 Å². The Bertz CT molecular complexity index is 398. The number of amides is 1. The molecule has 0 fully saturated rings. The topological polar surface area (TPSA) is 72.9 Å². The maximum Gasteiger partial charge on any atom is 0.254 e. The predicted octanol–water partition coefficient (Wildman–Crippen LogP) is 1.71. The molecular formula is C14H26N4O. The zero-order valence-electron chi connectivity index (χ0n) is 12.3. The molecular weight excluding hydrogens is 240 g/mol. The predicted molar refractivity (Wildman–Crippen MR) is 77.0 cm³/mol. The Morgan fingerprint density at radius 1 is 1.47 bits per heavy atom. The van der Waals surface area contributed by atoms with Gasteiger partial charge in [0.05, 0.1) is 11.8 Å². The number of aryl methyl sites for hydroxylation is 1. The highest BCUT2D eigenvalue weighted by Gasteiger charge is 2.13. The second kappa shape index (κ2) is 7.94. The number of hydrogen-bond acceptors (Lipinski definition) is 3. The number of carbonyl (C=O) groups excluding carboxylic acids is 1. The number of nitrogens with zero attached hydrogens (tertiary/aromatic N) is 2. The Morgan fingerprint density at radius 3 is 2.84 bits per heavy atom. The van der Waals surface area contributed by atoms with Crippen LogP contribution >= 0.6 is 0 Å². The van der Waals surface area contributed by atoms with E-state index in [4.69, 9.17) is 5.73 Å². The van der Waals surface area contributed by atoms with E-state index in [1.165, 1.54) is 0 Å². The van der Waals surface area contributed by atoms with Crippen molar-refractivity contribution < 1.29 is 4.79 Å². The lowest BCUT2D eigenvalue weighted by molar-refractivity contribution is 0.0952. The SMILES string of the molecule is Cc1c(C(=O)NCCCC(C)C)cnn1CCCN. The first kappa shape index (κ1) is 15.7. The van der Waals surface area contributed by atoms with Crippen LogP contribution in [0.15, 0.2) is 6.20 Å². The molecule has 0 bridgehead atoms. The fraction of sp³-hybridized carbons (Fsp3) is 0.714. The summed E-state index contributed by atoms with van der Waals surface area (Å²) >= 11 is 0. The van der Waals surface area contributed by atoms with Crippen LogP contribution in [0.2, 0.25) is 0 Å².